The van der Waals surface area contributed by atoms with Crippen molar-refractivity contribution in [2.75, 3.05) is 0 Å². The Hall–Kier alpha value is -3.12. The molecule has 126 valence electrons. The maximum Gasteiger partial charge on any atom is 0.354 e. The summed E-state index contributed by atoms with van der Waals surface area (Å²) >= 11 is 5.92. The minimum Gasteiger partial charge on any atom is -0.431 e. The van der Waals surface area contributed by atoms with Crippen LogP contribution in [0.3, 0.4) is 0 Å². The number of nitrogens with one attached hydrogen (secondary N) is 2. The normalized spacial score (nSPS) is 16.4. The predicted molar refractivity (Wildman–Crippen MR) is 90.6 cm³/mol. The fraction of sp³-hybridized carbons (Fsp3) is 0.0556. The van der Waals surface area contributed by atoms with Crippen LogP contribution in [0.1, 0.15) is 20.7 Å². The summed E-state index contributed by atoms with van der Waals surface area (Å²) in [5.74, 6) is -1.74. The van der Waals surface area contributed by atoms with E-state index in [0.29, 0.717) is 11.1 Å². The average molecular weight is 357 g/mol. The molecule has 2 N–H and O–H groups in total. The van der Waals surface area contributed by atoms with Crippen molar-refractivity contribution >= 4 is 29.4 Å². The number of amides is 2. The van der Waals surface area contributed by atoms with E-state index in [4.69, 9.17) is 16.3 Å². The van der Waals surface area contributed by atoms with Gasteiger partial charge in [0.1, 0.15) is 5.70 Å². The Morgan fingerprint density at radius 1 is 0.880 bits per heavy atom. The van der Waals surface area contributed by atoms with Crippen LogP contribution < -0.4 is 10.6 Å². The minimum absolute atomic E-state index is 0.00445. The maximum atomic E-state index is 12.3. The number of ether oxygens (including phenoxy) is 1. The number of halogens is 1. The zero-order chi connectivity index (χ0) is 17.8. The van der Waals surface area contributed by atoms with Crippen molar-refractivity contribution < 1.29 is 19.1 Å². The van der Waals surface area contributed by atoms with Gasteiger partial charge >= 0.3 is 5.97 Å². The molecule has 0 radical (unpaired) electrons. The Morgan fingerprint density at radius 2 is 1.40 bits per heavy atom. The summed E-state index contributed by atoms with van der Waals surface area (Å²) in [6, 6.07) is 16.8. The van der Waals surface area contributed by atoms with E-state index in [-0.39, 0.29) is 10.7 Å². The number of carbonyl (C=O) groups is 3. The standard InChI is InChI=1S/C18H13ClN2O4/c19-13-14(20-15(22)11-7-3-1-4-8-11)17(25-18(13)24)21-16(23)12-9-5-2-6-10-12/h1-10,17H,(H,20,22)(H,21,23). The topological polar surface area (TPSA) is 84.5 Å². The molecule has 0 saturated carbocycles. The first-order valence-electron chi connectivity index (χ1n) is 7.39. The van der Waals surface area contributed by atoms with Crippen LogP contribution in [0.4, 0.5) is 0 Å². The van der Waals surface area contributed by atoms with Crippen LogP contribution in [0.5, 0.6) is 0 Å². The van der Waals surface area contributed by atoms with Crippen LogP contribution in [0.15, 0.2) is 71.4 Å². The Bertz CT molecular complexity index is 850. The lowest BCUT2D eigenvalue weighted by Crippen LogP contribution is -2.41. The first kappa shape index (κ1) is 16.7. The average Bonchev–Trinajstić information content (AvgIpc) is 2.90. The second kappa shape index (κ2) is 7.19. The molecule has 1 aliphatic rings. The molecule has 2 aromatic carbocycles. The molecule has 0 bridgehead atoms. The van der Waals surface area contributed by atoms with E-state index in [1.807, 2.05) is 0 Å². The second-order valence-electron chi connectivity index (χ2n) is 5.17. The van der Waals surface area contributed by atoms with Crippen molar-refractivity contribution in [2.24, 2.45) is 0 Å². The number of hydrogen-bond donors (Lipinski definition) is 2. The summed E-state index contributed by atoms with van der Waals surface area (Å²) in [5, 5.41) is 4.78. The fourth-order valence-corrected chi connectivity index (χ4v) is 2.43. The Labute approximate surface area is 148 Å². The molecule has 1 unspecified atom stereocenters. The van der Waals surface area contributed by atoms with Crippen molar-refractivity contribution in [1.82, 2.24) is 10.6 Å². The largest absolute Gasteiger partial charge is 0.431 e. The van der Waals surface area contributed by atoms with Crippen molar-refractivity contribution in [1.29, 1.82) is 0 Å². The molecule has 6 nitrogen and oxygen atoms in total. The summed E-state index contributed by atoms with van der Waals surface area (Å²) < 4.78 is 5.02. The van der Waals surface area contributed by atoms with Gasteiger partial charge in [0.25, 0.3) is 11.8 Å². The van der Waals surface area contributed by atoms with E-state index >= 15 is 0 Å². The van der Waals surface area contributed by atoms with Crippen molar-refractivity contribution in [3.63, 3.8) is 0 Å². The number of cyclic esters (lactones) is 1. The van der Waals surface area contributed by atoms with Crippen LogP contribution in [0, 0.1) is 0 Å². The molecule has 0 aromatic heterocycles. The van der Waals surface area contributed by atoms with E-state index in [1.54, 1.807) is 60.7 Å². The molecule has 2 aromatic rings. The highest BCUT2D eigenvalue weighted by atomic mass is 35.5. The molecule has 2 amide bonds. The molecular weight excluding hydrogens is 344 g/mol. The van der Waals surface area contributed by atoms with Gasteiger partial charge in [0, 0.05) is 11.1 Å². The maximum absolute atomic E-state index is 12.3. The highest BCUT2D eigenvalue weighted by Gasteiger charge is 2.35. The second-order valence-corrected chi connectivity index (χ2v) is 5.55. The van der Waals surface area contributed by atoms with Gasteiger partial charge in [0.2, 0.25) is 6.23 Å². The Balaban J connectivity index is 1.77. The monoisotopic (exact) mass is 356 g/mol. The molecule has 7 heteroatoms. The third kappa shape index (κ3) is 3.70. The first-order valence-corrected chi connectivity index (χ1v) is 7.77. The predicted octanol–water partition coefficient (Wildman–Crippen LogP) is 2.18. The summed E-state index contributed by atoms with van der Waals surface area (Å²) in [4.78, 5) is 36.2. The summed E-state index contributed by atoms with van der Waals surface area (Å²) in [6.07, 6.45) is -1.17. The van der Waals surface area contributed by atoms with E-state index in [9.17, 15) is 14.4 Å². The molecule has 0 fully saturated rings. The molecule has 0 spiro atoms. The van der Waals surface area contributed by atoms with Gasteiger partial charge in [-0.15, -0.1) is 0 Å². The van der Waals surface area contributed by atoms with Crippen molar-refractivity contribution in [3.8, 4) is 0 Å². The van der Waals surface area contributed by atoms with E-state index < -0.39 is 24.0 Å². The number of esters is 1. The zero-order valence-electron chi connectivity index (χ0n) is 12.9. The van der Waals surface area contributed by atoms with Gasteiger partial charge in [0.15, 0.2) is 5.03 Å². The molecule has 1 atom stereocenters. The van der Waals surface area contributed by atoms with Gasteiger partial charge < -0.3 is 15.4 Å². The third-order valence-corrected chi connectivity index (χ3v) is 3.84. The quantitative estimate of drug-likeness (QED) is 0.822. The number of carbonyl (C=O) groups excluding carboxylic acids is 3. The van der Waals surface area contributed by atoms with Gasteiger partial charge in [0.05, 0.1) is 0 Å². The lowest BCUT2D eigenvalue weighted by Gasteiger charge is -2.16. The van der Waals surface area contributed by atoms with Gasteiger partial charge in [-0.05, 0) is 24.3 Å². The van der Waals surface area contributed by atoms with Gasteiger partial charge in [-0.1, -0.05) is 48.0 Å². The SMILES string of the molecule is O=C1OC(NC(=O)c2ccccc2)C(NC(=O)c2ccccc2)=C1Cl. The third-order valence-electron chi connectivity index (χ3n) is 3.49. The summed E-state index contributed by atoms with van der Waals surface area (Å²) in [7, 11) is 0. The highest BCUT2D eigenvalue weighted by Crippen LogP contribution is 2.23. The Kier molecular flexibility index (Phi) is 4.81. The molecule has 3 rings (SSSR count). The van der Waals surface area contributed by atoms with Crippen LogP contribution in [0.2, 0.25) is 0 Å². The van der Waals surface area contributed by atoms with E-state index in [1.165, 1.54) is 0 Å². The van der Waals surface area contributed by atoms with Crippen molar-refractivity contribution in [2.45, 2.75) is 6.23 Å². The number of rotatable bonds is 4. The molecule has 25 heavy (non-hydrogen) atoms. The molecule has 1 aliphatic heterocycles. The minimum atomic E-state index is -1.17. The Morgan fingerprint density at radius 3 is 1.96 bits per heavy atom. The molecule has 1 heterocycles. The smallest absolute Gasteiger partial charge is 0.354 e. The zero-order valence-corrected chi connectivity index (χ0v) is 13.6. The molecular formula is C18H13ClN2O4. The number of hydrogen-bond acceptors (Lipinski definition) is 4. The summed E-state index contributed by atoms with van der Waals surface area (Å²) in [6.45, 7) is 0. The van der Waals surface area contributed by atoms with Crippen LogP contribution in [-0.4, -0.2) is 24.0 Å². The molecule has 0 aliphatic carbocycles. The lowest BCUT2D eigenvalue weighted by molar-refractivity contribution is -0.139. The first-order chi connectivity index (χ1) is 12.1. The van der Waals surface area contributed by atoms with E-state index in [2.05, 4.69) is 10.6 Å². The van der Waals surface area contributed by atoms with Gasteiger partial charge in [-0.3, -0.25) is 9.59 Å². The highest BCUT2D eigenvalue weighted by molar-refractivity contribution is 6.42. The van der Waals surface area contributed by atoms with Crippen LogP contribution in [-0.2, 0) is 9.53 Å². The van der Waals surface area contributed by atoms with Crippen LogP contribution in [0.25, 0.3) is 0 Å². The summed E-state index contributed by atoms with van der Waals surface area (Å²) in [5.41, 5.74) is 0.770. The van der Waals surface area contributed by atoms with Gasteiger partial charge in [-0.2, -0.15) is 0 Å². The lowest BCUT2D eigenvalue weighted by atomic mass is 10.2. The van der Waals surface area contributed by atoms with Crippen LogP contribution >= 0.6 is 11.6 Å². The van der Waals surface area contributed by atoms with Crippen molar-refractivity contribution in [3.05, 3.63) is 82.5 Å². The van der Waals surface area contributed by atoms with E-state index in [0.717, 1.165) is 0 Å². The number of benzene rings is 2. The fourth-order valence-electron chi connectivity index (χ4n) is 2.24. The molecule has 0 saturated heterocycles. The van der Waals surface area contributed by atoms with Gasteiger partial charge in [-0.25, -0.2) is 4.79 Å².